The van der Waals surface area contributed by atoms with Crippen LogP contribution in [0.25, 0.3) is 0 Å². The van der Waals surface area contributed by atoms with E-state index < -0.39 is 52.1 Å². The van der Waals surface area contributed by atoms with Gasteiger partial charge in [-0.15, -0.1) is 11.3 Å². The highest BCUT2D eigenvalue weighted by atomic mass is 32.1. The van der Waals surface area contributed by atoms with Gasteiger partial charge >= 0.3 is 18.1 Å². The van der Waals surface area contributed by atoms with Gasteiger partial charge in [-0.05, 0) is 55.5 Å². The predicted molar refractivity (Wildman–Crippen MR) is 161 cm³/mol. The molecule has 0 amide bonds. The van der Waals surface area contributed by atoms with Crippen molar-refractivity contribution >= 4 is 40.4 Å². The van der Waals surface area contributed by atoms with E-state index in [1.807, 2.05) is 0 Å². The fourth-order valence-electron chi connectivity index (χ4n) is 5.98. The smallest absolute Gasteiger partial charge is 0.416 e. The Morgan fingerprint density at radius 2 is 1.78 bits per heavy atom. The molecule has 14 heteroatoms. The number of hydrogen-bond donors (Lipinski definition) is 1. The number of ether oxygens (including phenoxy) is 2. The molecule has 0 unspecified atom stereocenters. The minimum Gasteiger partial charge on any atom is -0.465 e. The number of carbonyl (C=O) groups is 3. The number of allylic oxidation sites excluding steroid dienone is 2. The van der Waals surface area contributed by atoms with Crippen molar-refractivity contribution in [2.24, 2.45) is 11.7 Å². The van der Waals surface area contributed by atoms with Crippen molar-refractivity contribution in [3.8, 4) is 0 Å². The zero-order valence-electron chi connectivity index (χ0n) is 24.6. The summed E-state index contributed by atoms with van der Waals surface area (Å²) in [6, 6.07) is 13.0. The number of Topliss-reactive ketones (excluding diaryl/α,β-unsaturated/α-hetero) is 1. The molecule has 0 radical (unpaired) electrons. The van der Waals surface area contributed by atoms with Crippen LogP contribution in [0.5, 0.6) is 0 Å². The third-order valence-electron chi connectivity index (χ3n) is 7.83. The summed E-state index contributed by atoms with van der Waals surface area (Å²) in [6.45, 7) is 2.97. The summed E-state index contributed by atoms with van der Waals surface area (Å²) in [6.07, 6.45) is -4.79. The molecule has 2 N–H and O–H groups in total. The number of benzene rings is 2. The number of rotatable bonds is 8. The van der Waals surface area contributed by atoms with Crippen molar-refractivity contribution in [2.45, 2.75) is 38.3 Å². The van der Waals surface area contributed by atoms with Crippen LogP contribution in [0, 0.1) is 16.0 Å². The minimum absolute atomic E-state index is 0.0305. The van der Waals surface area contributed by atoms with Crippen LogP contribution < -0.4 is 10.6 Å². The van der Waals surface area contributed by atoms with Crippen molar-refractivity contribution in [1.29, 1.82) is 0 Å². The van der Waals surface area contributed by atoms with Crippen LogP contribution in [0.2, 0.25) is 0 Å². The average molecular weight is 656 g/mol. The number of nitrogens with two attached hydrogens (primary N) is 1. The van der Waals surface area contributed by atoms with Gasteiger partial charge in [-0.25, -0.2) is 4.79 Å². The van der Waals surface area contributed by atoms with Crippen LogP contribution in [-0.4, -0.2) is 35.9 Å². The molecule has 1 aliphatic heterocycles. The van der Waals surface area contributed by atoms with Gasteiger partial charge in [-0.1, -0.05) is 24.3 Å². The van der Waals surface area contributed by atoms with Gasteiger partial charge in [0.2, 0.25) is 0 Å². The van der Waals surface area contributed by atoms with Crippen LogP contribution >= 0.6 is 11.3 Å². The largest absolute Gasteiger partial charge is 0.465 e. The number of thiophene rings is 1. The molecule has 5 rings (SSSR count). The highest BCUT2D eigenvalue weighted by Gasteiger charge is 2.52. The number of hydrogen-bond acceptors (Lipinski definition) is 10. The highest BCUT2D eigenvalue weighted by molar-refractivity contribution is 7.10. The second-order valence-corrected chi connectivity index (χ2v) is 11.4. The third kappa shape index (κ3) is 5.87. The number of nitro benzene ring substituents is 1. The van der Waals surface area contributed by atoms with Gasteiger partial charge in [0, 0.05) is 39.9 Å². The molecular weight excluding hydrogens is 627 g/mol. The zero-order valence-corrected chi connectivity index (χ0v) is 25.4. The van der Waals surface area contributed by atoms with Crippen molar-refractivity contribution < 1.29 is 42.0 Å². The van der Waals surface area contributed by atoms with Gasteiger partial charge in [-0.2, -0.15) is 13.2 Å². The SMILES string of the molecule is CCOC(=O)C1=C(N)N(c2cccc(C(F)(F)F)c2)C2=C(C(=O)[C@H](C(=O)OCC)[C@H](c3cccs3)C2)[C@@H]1c1cccc([N+](=O)[O-])c1. The summed E-state index contributed by atoms with van der Waals surface area (Å²) < 4.78 is 52.2. The fraction of sp³-hybridized carbons (Fsp3) is 0.281. The first kappa shape index (κ1) is 32.4. The standard InChI is InChI=1S/C32H28F3N3O7S/c1-3-44-30(40)25-21(23-12-7-13-46-23)16-22-26(28(25)39)24(17-8-5-11-20(14-17)38(42)43)27(31(41)45-4-2)29(36)37(22)19-10-6-9-18(15-19)32(33,34)35/h5-15,21,24-25H,3-4,16,36H2,1-2H3/t21-,24-,25+/m0/s1. The Kier molecular flexibility index (Phi) is 9.01. The van der Waals surface area contributed by atoms with Crippen molar-refractivity contribution in [1.82, 2.24) is 0 Å². The molecule has 0 fully saturated rings. The monoisotopic (exact) mass is 655 g/mol. The molecule has 2 aromatic carbocycles. The number of halogens is 3. The summed E-state index contributed by atoms with van der Waals surface area (Å²) in [7, 11) is 0. The Labute approximate surface area is 265 Å². The average Bonchev–Trinajstić information content (AvgIpc) is 3.55. The van der Waals surface area contributed by atoms with E-state index in [1.54, 1.807) is 24.4 Å². The van der Waals surface area contributed by atoms with E-state index in [9.17, 15) is 37.7 Å². The van der Waals surface area contributed by atoms with Gasteiger partial charge in [0.1, 0.15) is 11.7 Å². The molecule has 3 atom stereocenters. The fourth-order valence-corrected chi connectivity index (χ4v) is 6.84. The van der Waals surface area contributed by atoms with Gasteiger partial charge in [-0.3, -0.25) is 24.6 Å². The number of anilines is 1. The van der Waals surface area contributed by atoms with E-state index in [0.717, 1.165) is 12.1 Å². The summed E-state index contributed by atoms with van der Waals surface area (Å²) >= 11 is 1.29. The Balaban J connectivity index is 1.85. The second-order valence-electron chi connectivity index (χ2n) is 10.5. The number of alkyl halides is 3. The van der Waals surface area contributed by atoms with E-state index in [4.69, 9.17) is 15.2 Å². The Bertz CT molecular complexity index is 1770. The maximum Gasteiger partial charge on any atom is 0.416 e. The van der Waals surface area contributed by atoms with Gasteiger partial charge in [0.15, 0.2) is 5.78 Å². The topological polar surface area (TPSA) is 142 Å². The van der Waals surface area contributed by atoms with Gasteiger partial charge < -0.3 is 15.2 Å². The summed E-state index contributed by atoms with van der Waals surface area (Å²) in [5.74, 6) is -6.40. The lowest BCUT2D eigenvalue weighted by molar-refractivity contribution is -0.384. The molecule has 0 bridgehead atoms. The first-order valence-corrected chi connectivity index (χ1v) is 15.1. The van der Waals surface area contributed by atoms with Crippen LogP contribution in [-0.2, 0) is 30.0 Å². The Morgan fingerprint density at radius 3 is 2.41 bits per heavy atom. The number of ketones is 1. The number of nitro groups is 1. The Hall–Kier alpha value is -4.98. The molecule has 0 saturated heterocycles. The van der Waals surface area contributed by atoms with E-state index in [-0.39, 0.29) is 59.2 Å². The number of nitrogens with zero attached hydrogens (tertiary/aromatic N) is 2. The van der Waals surface area contributed by atoms with E-state index in [1.165, 1.54) is 59.6 Å². The van der Waals surface area contributed by atoms with Crippen LogP contribution in [0.15, 0.2) is 88.7 Å². The molecule has 2 heterocycles. The molecule has 1 aromatic heterocycles. The summed E-state index contributed by atoms with van der Waals surface area (Å²) in [5.41, 5.74) is 5.08. The second kappa shape index (κ2) is 12.8. The van der Waals surface area contributed by atoms with Crippen molar-refractivity contribution in [3.05, 3.63) is 115 Å². The molecule has 0 spiro atoms. The van der Waals surface area contributed by atoms with Gasteiger partial charge in [0.05, 0.1) is 35.2 Å². The molecule has 240 valence electrons. The maximum atomic E-state index is 14.7. The molecule has 1 aliphatic carbocycles. The number of esters is 2. The Morgan fingerprint density at radius 1 is 1.07 bits per heavy atom. The normalized spacial score (nSPS) is 20.0. The van der Waals surface area contributed by atoms with E-state index >= 15 is 0 Å². The predicted octanol–water partition coefficient (Wildman–Crippen LogP) is 6.20. The highest BCUT2D eigenvalue weighted by Crippen LogP contribution is 2.52. The number of carbonyl (C=O) groups excluding carboxylic acids is 3. The maximum absolute atomic E-state index is 14.7. The van der Waals surface area contributed by atoms with Gasteiger partial charge in [0.25, 0.3) is 5.69 Å². The molecule has 3 aromatic rings. The summed E-state index contributed by atoms with van der Waals surface area (Å²) in [4.78, 5) is 54.7. The van der Waals surface area contributed by atoms with Crippen molar-refractivity contribution in [2.75, 3.05) is 18.1 Å². The van der Waals surface area contributed by atoms with E-state index in [0.29, 0.717) is 4.88 Å². The van der Waals surface area contributed by atoms with Crippen LogP contribution in [0.3, 0.4) is 0 Å². The lowest BCUT2D eigenvalue weighted by Crippen LogP contribution is -2.46. The third-order valence-corrected chi connectivity index (χ3v) is 8.83. The lowest BCUT2D eigenvalue weighted by Gasteiger charge is -2.43. The van der Waals surface area contributed by atoms with Crippen LogP contribution in [0.4, 0.5) is 24.5 Å². The molecule has 0 saturated carbocycles. The summed E-state index contributed by atoms with van der Waals surface area (Å²) in [5, 5.41) is 13.5. The number of non-ortho nitro benzene ring substituents is 1. The minimum atomic E-state index is -4.73. The zero-order chi connectivity index (χ0) is 33.3. The lowest BCUT2D eigenvalue weighted by atomic mass is 9.68. The molecule has 10 nitrogen and oxygen atoms in total. The molecule has 46 heavy (non-hydrogen) atoms. The molecule has 2 aliphatic rings. The first-order chi connectivity index (χ1) is 21.9. The van der Waals surface area contributed by atoms with E-state index in [2.05, 4.69) is 0 Å². The van der Waals surface area contributed by atoms with Crippen LogP contribution in [0.1, 0.15) is 48.1 Å². The molecular formula is C32H28F3N3O7S. The van der Waals surface area contributed by atoms with Crippen molar-refractivity contribution in [3.63, 3.8) is 0 Å². The first-order valence-electron chi connectivity index (χ1n) is 14.2. The quantitative estimate of drug-likeness (QED) is 0.130.